The van der Waals surface area contributed by atoms with E-state index in [4.69, 9.17) is 4.74 Å². The highest BCUT2D eigenvalue weighted by molar-refractivity contribution is 7.07. The van der Waals surface area contributed by atoms with Crippen LogP contribution in [0.25, 0.3) is 0 Å². The Morgan fingerprint density at radius 1 is 1.15 bits per heavy atom. The Bertz CT molecular complexity index is 903. The van der Waals surface area contributed by atoms with Gasteiger partial charge in [-0.25, -0.2) is 0 Å². The standard InChI is InChI=1S/C19H22N2O5S/c1-12-11-27-18(25)21(12)9-16(23)26-10-15(22)13-5-7-14(8-6-13)20-17(24)19(2,3)4/h5-8,11H,9-10H2,1-4H3,(H,20,24). The third-order valence-electron chi connectivity index (χ3n) is 3.77. The van der Waals surface area contributed by atoms with Crippen LogP contribution >= 0.6 is 11.3 Å². The van der Waals surface area contributed by atoms with E-state index in [9.17, 15) is 19.2 Å². The normalized spacial score (nSPS) is 11.1. The molecule has 27 heavy (non-hydrogen) atoms. The van der Waals surface area contributed by atoms with E-state index in [1.807, 2.05) is 0 Å². The summed E-state index contributed by atoms with van der Waals surface area (Å²) in [5.74, 6) is -1.15. The second kappa shape index (κ2) is 8.30. The Morgan fingerprint density at radius 2 is 1.78 bits per heavy atom. The number of ether oxygens (including phenoxy) is 1. The zero-order chi connectivity index (χ0) is 20.2. The largest absolute Gasteiger partial charge is 0.456 e. The van der Waals surface area contributed by atoms with Crippen LogP contribution in [-0.2, 0) is 20.9 Å². The van der Waals surface area contributed by atoms with Crippen LogP contribution in [0.1, 0.15) is 36.8 Å². The minimum Gasteiger partial charge on any atom is -0.456 e. The van der Waals surface area contributed by atoms with Gasteiger partial charge in [-0.15, -0.1) is 0 Å². The summed E-state index contributed by atoms with van der Waals surface area (Å²) < 4.78 is 6.26. The van der Waals surface area contributed by atoms with Gasteiger partial charge in [-0.3, -0.25) is 23.7 Å². The number of thiazole rings is 1. The number of ketones is 1. The van der Waals surface area contributed by atoms with Crippen LogP contribution in [-0.4, -0.2) is 28.8 Å². The summed E-state index contributed by atoms with van der Waals surface area (Å²) >= 11 is 1.00. The number of hydrogen-bond donors (Lipinski definition) is 1. The Kier molecular flexibility index (Phi) is 6.32. The van der Waals surface area contributed by atoms with Crippen LogP contribution < -0.4 is 10.2 Å². The van der Waals surface area contributed by atoms with Gasteiger partial charge < -0.3 is 10.1 Å². The lowest BCUT2D eigenvalue weighted by Crippen LogP contribution is -2.27. The number of Topliss-reactive ketones (excluding diaryl/α,β-unsaturated/α-hetero) is 1. The van der Waals surface area contributed by atoms with Crippen molar-refractivity contribution < 1.29 is 19.1 Å². The summed E-state index contributed by atoms with van der Waals surface area (Å²) in [7, 11) is 0. The van der Waals surface area contributed by atoms with Crippen molar-refractivity contribution in [1.82, 2.24) is 4.57 Å². The Morgan fingerprint density at radius 3 is 2.30 bits per heavy atom. The van der Waals surface area contributed by atoms with Gasteiger partial charge in [0.1, 0.15) is 6.54 Å². The number of carbonyl (C=O) groups excluding carboxylic acids is 3. The first-order valence-electron chi connectivity index (χ1n) is 8.33. The van der Waals surface area contributed by atoms with Crippen LogP contribution in [0.5, 0.6) is 0 Å². The molecule has 0 atom stereocenters. The number of anilines is 1. The van der Waals surface area contributed by atoms with E-state index in [0.29, 0.717) is 16.9 Å². The molecule has 0 unspecified atom stereocenters. The van der Waals surface area contributed by atoms with Crippen molar-refractivity contribution in [3.63, 3.8) is 0 Å². The van der Waals surface area contributed by atoms with Crippen molar-refractivity contribution in [1.29, 1.82) is 0 Å². The second-order valence-electron chi connectivity index (χ2n) is 7.09. The molecule has 0 aliphatic heterocycles. The zero-order valence-electron chi connectivity index (χ0n) is 15.7. The smallest absolute Gasteiger partial charge is 0.326 e. The first-order valence-corrected chi connectivity index (χ1v) is 9.21. The van der Waals surface area contributed by atoms with Crippen molar-refractivity contribution in [2.45, 2.75) is 34.2 Å². The molecule has 2 rings (SSSR count). The number of nitrogens with zero attached hydrogens (tertiary/aromatic N) is 1. The van der Waals surface area contributed by atoms with Crippen molar-refractivity contribution in [3.05, 3.63) is 50.6 Å². The molecule has 0 bridgehead atoms. The van der Waals surface area contributed by atoms with E-state index < -0.39 is 18.0 Å². The molecule has 0 saturated carbocycles. The maximum atomic E-state index is 12.1. The van der Waals surface area contributed by atoms with Crippen molar-refractivity contribution in [3.8, 4) is 0 Å². The number of rotatable bonds is 6. The number of nitrogens with one attached hydrogen (secondary N) is 1. The highest BCUT2D eigenvalue weighted by Crippen LogP contribution is 2.18. The van der Waals surface area contributed by atoms with Crippen LogP contribution in [0.2, 0.25) is 0 Å². The van der Waals surface area contributed by atoms with E-state index in [0.717, 1.165) is 11.3 Å². The fraction of sp³-hybridized carbons (Fsp3) is 0.368. The molecule has 1 heterocycles. The minimum atomic E-state index is -0.652. The number of esters is 1. The Hall–Kier alpha value is -2.74. The molecule has 0 saturated heterocycles. The van der Waals surface area contributed by atoms with Gasteiger partial charge in [0, 0.05) is 27.7 Å². The Balaban J connectivity index is 1.89. The fourth-order valence-corrected chi connectivity index (χ4v) is 2.79. The first kappa shape index (κ1) is 20.6. The van der Waals surface area contributed by atoms with Crippen molar-refractivity contribution in [2.75, 3.05) is 11.9 Å². The van der Waals surface area contributed by atoms with Crippen LogP contribution in [0, 0.1) is 12.3 Å². The topological polar surface area (TPSA) is 94.5 Å². The SMILES string of the molecule is Cc1csc(=O)n1CC(=O)OCC(=O)c1ccc(NC(=O)C(C)(C)C)cc1. The molecule has 8 heteroatoms. The van der Waals surface area contributed by atoms with E-state index in [1.165, 1.54) is 4.57 Å². The Labute approximate surface area is 161 Å². The molecule has 0 spiro atoms. The first-order chi connectivity index (χ1) is 12.6. The highest BCUT2D eigenvalue weighted by Gasteiger charge is 2.21. The lowest BCUT2D eigenvalue weighted by Gasteiger charge is -2.17. The summed E-state index contributed by atoms with van der Waals surface area (Å²) in [6, 6.07) is 6.35. The molecule has 7 nitrogen and oxygen atoms in total. The molecule has 1 aromatic carbocycles. The van der Waals surface area contributed by atoms with Gasteiger partial charge in [-0.2, -0.15) is 0 Å². The third kappa shape index (κ3) is 5.62. The van der Waals surface area contributed by atoms with Crippen molar-refractivity contribution in [2.24, 2.45) is 5.41 Å². The lowest BCUT2D eigenvalue weighted by molar-refractivity contribution is -0.143. The number of carbonyl (C=O) groups is 3. The molecule has 0 aliphatic carbocycles. The molecule has 144 valence electrons. The average molecular weight is 390 g/mol. The molecular formula is C19H22N2O5S. The molecule has 1 aromatic heterocycles. The predicted molar refractivity (Wildman–Crippen MR) is 103 cm³/mol. The van der Waals surface area contributed by atoms with E-state index in [-0.39, 0.29) is 23.1 Å². The summed E-state index contributed by atoms with van der Waals surface area (Å²) in [5, 5.41) is 4.42. The quantitative estimate of drug-likeness (QED) is 0.604. The second-order valence-corrected chi connectivity index (χ2v) is 7.92. The van der Waals surface area contributed by atoms with Crippen LogP contribution in [0.3, 0.4) is 0 Å². The van der Waals surface area contributed by atoms with Gasteiger partial charge in [0.25, 0.3) is 0 Å². The molecular weight excluding hydrogens is 368 g/mol. The van der Waals surface area contributed by atoms with Crippen LogP contribution in [0.4, 0.5) is 5.69 Å². The highest BCUT2D eigenvalue weighted by atomic mass is 32.1. The number of benzene rings is 1. The molecule has 1 amide bonds. The molecule has 0 fully saturated rings. The molecule has 1 N–H and O–H groups in total. The van der Waals surface area contributed by atoms with Gasteiger partial charge >= 0.3 is 10.8 Å². The van der Waals surface area contributed by atoms with Gasteiger partial charge in [-0.05, 0) is 31.2 Å². The maximum Gasteiger partial charge on any atom is 0.326 e. The maximum absolute atomic E-state index is 12.1. The van der Waals surface area contributed by atoms with E-state index in [1.54, 1.807) is 57.3 Å². The molecule has 0 aliphatic rings. The molecule has 0 radical (unpaired) electrons. The lowest BCUT2D eigenvalue weighted by atomic mass is 9.95. The average Bonchev–Trinajstić information content (AvgIpc) is 2.91. The molecule has 2 aromatic rings. The number of hydrogen-bond acceptors (Lipinski definition) is 6. The third-order valence-corrected chi connectivity index (χ3v) is 4.65. The fourth-order valence-electron chi connectivity index (χ4n) is 2.06. The minimum absolute atomic E-state index is 0.130. The summed E-state index contributed by atoms with van der Waals surface area (Å²) in [5.41, 5.74) is 1.09. The number of aryl methyl sites for hydroxylation is 1. The van der Waals surface area contributed by atoms with E-state index in [2.05, 4.69) is 5.32 Å². The predicted octanol–water partition coefficient (Wildman–Crippen LogP) is 2.63. The zero-order valence-corrected chi connectivity index (χ0v) is 16.5. The summed E-state index contributed by atoms with van der Waals surface area (Å²) in [6.45, 7) is 6.50. The number of aromatic nitrogens is 1. The number of amides is 1. The monoisotopic (exact) mass is 390 g/mol. The van der Waals surface area contributed by atoms with Gasteiger partial charge in [0.15, 0.2) is 12.4 Å². The van der Waals surface area contributed by atoms with Gasteiger partial charge in [0.05, 0.1) is 0 Å². The van der Waals surface area contributed by atoms with Crippen molar-refractivity contribution >= 4 is 34.7 Å². The van der Waals surface area contributed by atoms with Gasteiger partial charge in [0.2, 0.25) is 5.91 Å². The van der Waals surface area contributed by atoms with E-state index >= 15 is 0 Å². The van der Waals surface area contributed by atoms with Crippen LogP contribution in [0.15, 0.2) is 34.4 Å². The van der Waals surface area contributed by atoms with Gasteiger partial charge in [-0.1, -0.05) is 32.1 Å². The summed E-state index contributed by atoms with van der Waals surface area (Å²) in [6.07, 6.45) is 0. The summed E-state index contributed by atoms with van der Waals surface area (Å²) in [4.78, 5) is 47.3.